The van der Waals surface area contributed by atoms with Gasteiger partial charge in [0.1, 0.15) is 11.6 Å². The molecule has 1 rings (SSSR count). The predicted molar refractivity (Wildman–Crippen MR) is 97.2 cm³/mol. The van der Waals surface area contributed by atoms with Gasteiger partial charge >= 0.3 is 0 Å². The van der Waals surface area contributed by atoms with E-state index in [1.807, 2.05) is 6.92 Å². The molecule has 1 amide bonds. The number of hydrogen-bond donors (Lipinski definition) is 1. The van der Waals surface area contributed by atoms with Crippen molar-refractivity contribution in [2.45, 2.75) is 32.8 Å². The summed E-state index contributed by atoms with van der Waals surface area (Å²) in [5.41, 5.74) is -0.489. The maximum absolute atomic E-state index is 14.2. The van der Waals surface area contributed by atoms with Gasteiger partial charge in [-0.2, -0.15) is 0 Å². The molecule has 0 bridgehead atoms. The van der Waals surface area contributed by atoms with E-state index in [1.165, 1.54) is 0 Å². The van der Waals surface area contributed by atoms with Gasteiger partial charge in [-0.15, -0.1) is 0 Å². The van der Waals surface area contributed by atoms with Crippen molar-refractivity contribution in [3.8, 4) is 5.75 Å². The first-order valence-electron chi connectivity index (χ1n) is 7.45. The van der Waals surface area contributed by atoms with Crippen LogP contribution in [0, 0.1) is 11.7 Å². The summed E-state index contributed by atoms with van der Waals surface area (Å²) in [6.45, 7) is 7.42. The lowest BCUT2D eigenvalue weighted by Crippen LogP contribution is -2.30. The minimum atomic E-state index is -3.82. The van der Waals surface area contributed by atoms with E-state index in [0.29, 0.717) is 11.5 Å². The summed E-state index contributed by atoms with van der Waals surface area (Å²) in [5, 5.41) is 0.485. The number of rotatable bonds is 8. The quantitative estimate of drug-likeness (QED) is 0.698. The Balaban J connectivity index is 3.02. The van der Waals surface area contributed by atoms with Gasteiger partial charge in [-0.25, -0.2) is 17.5 Å². The normalized spacial score (nSPS) is 13.8. The maximum atomic E-state index is 14.2. The molecular formula is C16H20Cl2FNO4S. The van der Waals surface area contributed by atoms with E-state index in [9.17, 15) is 17.6 Å². The van der Waals surface area contributed by atoms with E-state index in [0.717, 1.165) is 24.8 Å². The zero-order valence-electron chi connectivity index (χ0n) is 14.1. The molecule has 25 heavy (non-hydrogen) atoms. The molecule has 0 radical (unpaired) electrons. The second-order valence-electron chi connectivity index (χ2n) is 5.68. The van der Waals surface area contributed by atoms with Crippen LogP contribution in [0.2, 0.25) is 5.02 Å². The summed E-state index contributed by atoms with van der Waals surface area (Å²) >= 11 is 11.9. The van der Waals surface area contributed by atoms with E-state index in [-0.39, 0.29) is 22.8 Å². The molecule has 0 heterocycles. The van der Waals surface area contributed by atoms with Gasteiger partial charge < -0.3 is 4.74 Å². The van der Waals surface area contributed by atoms with Crippen LogP contribution in [0.5, 0.6) is 5.75 Å². The van der Waals surface area contributed by atoms with Crippen LogP contribution >= 0.6 is 23.2 Å². The van der Waals surface area contributed by atoms with E-state index >= 15 is 0 Å². The molecular weight excluding hydrogens is 392 g/mol. The second-order valence-corrected chi connectivity index (χ2v) is 8.37. The Hall–Kier alpha value is -1.31. The largest absolute Gasteiger partial charge is 0.489 e. The van der Waals surface area contributed by atoms with Crippen LogP contribution in [-0.4, -0.2) is 26.7 Å². The fourth-order valence-corrected chi connectivity index (χ4v) is 3.09. The second kappa shape index (κ2) is 8.87. The summed E-state index contributed by atoms with van der Waals surface area (Å²) in [5.74, 6) is -1.94. The lowest BCUT2D eigenvalue weighted by molar-refractivity contribution is 0.0977. The van der Waals surface area contributed by atoms with E-state index in [2.05, 4.69) is 6.58 Å². The number of sulfonamides is 1. The van der Waals surface area contributed by atoms with Gasteiger partial charge in [0.05, 0.1) is 22.9 Å². The molecule has 0 saturated heterocycles. The van der Waals surface area contributed by atoms with Crippen LogP contribution in [0.1, 0.15) is 37.0 Å². The SMILES string of the molecule is C=C(Cl)CC(CC)[C@H](C)Oc1cc(F)c(C(=O)NS(C)(=O)=O)cc1Cl. The molecule has 0 spiro atoms. The molecule has 1 aromatic rings. The lowest BCUT2D eigenvalue weighted by atomic mass is 9.96. The van der Waals surface area contributed by atoms with Gasteiger partial charge in [0.2, 0.25) is 10.0 Å². The van der Waals surface area contributed by atoms with Gasteiger partial charge in [0, 0.05) is 17.0 Å². The van der Waals surface area contributed by atoms with Crippen molar-refractivity contribution < 1.29 is 22.3 Å². The maximum Gasteiger partial charge on any atom is 0.267 e. The molecule has 140 valence electrons. The molecule has 0 saturated carbocycles. The van der Waals surface area contributed by atoms with Crippen molar-refractivity contribution in [3.05, 3.63) is 40.1 Å². The van der Waals surface area contributed by atoms with Crippen molar-refractivity contribution in [2.24, 2.45) is 5.92 Å². The standard InChI is InChI=1S/C16H20Cl2FNO4S/c1-5-11(6-9(2)17)10(3)24-15-8-14(19)12(7-13(15)18)16(21)20-25(4,22)23/h7-8,10-11H,2,5-6H2,1,3-4H3,(H,20,21)/t10-,11?/m0/s1. The smallest absolute Gasteiger partial charge is 0.267 e. The third-order valence-electron chi connectivity index (χ3n) is 3.53. The van der Waals surface area contributed by atoms with Crippen LogP contribution in [0.3, 0.4) is 0 Å². The number of benzene rings is 1. The van der Waals surface area contributed by atoms with Gasteiger partial charge in [-0.1, -0.05) is 36.7 Å². The minimum absolute atomic E-state index is 0.00791. The number of ether oxygens (including phenoxy) is 1. The van der Waals surface area contributed by atoms with E-state index in [4.69, 9.17) is 27.9 Å². The van der Waals surface area contributed by atoms with Gasteiger partial charge in [0.25, 0.3) is 5.91 Å². The zero-order chi connectivity index (χ0) is 19.4. The highest BCUT2D eigenvalue weighted by Gasteiger charge is 2.22. The zero-order valence-corrected chi connectivity index (χ0v) is 16.4. The third kappa shape index (κ3) is 6.84. The Morgan fingerprint density at radius 3 is 2.52 bits per heavy atom. The molecule has 5 nitrogen and oxygen atoms in total. The molecule has 0 aliphatic rings. The highest BCUT2D eigenvalue weighted by atomic mass is 35.5. The Morgan fingerprint density at radius 2 is 2.04 bits per heavy atom. The highest BCUT2D eigenvalue weighted by molar-refractivity contribution is 7.89. The average molecular weight is 412 g/mol. The van der Waals surface area contributed by atoms with E-state index < -0.39 is 27.3 Å². The fraction of sp³-hybridized carbons (Fsp3) is 0.438. The molecule has 1 N–H and O–H groups in total. The van der Waals surface area contributed by atoms with Gasteiger partial charge in [0.15, 0.2) is 0 Å². The number of amides is 1. The number of allylic oxidation sites excluding steroid dienone is 1. The molecule has 1 aromatic carbocycles. The van der Waals surface area contributed by atoms with Crippen molar-refractivity contribution in [2.75, 3.05) is 6.26 Å². The fourth-order valence-electron chi connectivity index (χ4n) is 2.24. The van der Waals surface area contributed by atoms with Crippen LogP contribution in [0.15, 0.2) is 23.7 Å². The highest BCUT2D eigenvalue weighted by Crippen LogP contribution is 2.31. The Bertz CT molecular complexity index is 768. The Labute approximate surface area is 157 Å². The molecule has 0 aromatic heterocycles. The summed E-state index contributed by atoms with van der Waals surface area (Å²) in [7, 11) is -3.82. The van der Waals surface area contributed by atoms with Crippen molar-refractivity contribution >= 4 is 39.1 Å². The number of nitrogens with one attached hydrogen (secondary N) is 1. The predicted octanol–water partition coefficient (Wildman–Crippen LogP) is 4.10. The number of carbonyl (C=O) groups excluding carboxylic acids is 1. The van der Waals surface area contributed by atoms with Crippen molar-refractivity contribution in [1.29, 1.82) is 0 Å². The number of carbonyl (C=O) groups is 1. The lowest BCUT2D eigenvalue weighted by Gasteiger charge is -2.24. The summed E-state index contributed by atoms with van der Waals surface area (Å²) in [6, 6.07) is 1.99. The number of hydrogen-bond acceptors (Lipinski definition) is 4. The van der Waals surface area contributed by atoms with Crippen LogP contribution in [0.4, 0.5) is 4.39 Å². The summed E-state index contributed by atoms with van der Waals surface area (Å²) < 4.78 is 43.7. The molecule has 0 fully saturated rings. The molecule has 9 heteroatoms. The first-order valence-corrected chi connectivity index (χ1v) is 10.1. The summed E-state index contributed by atoms with van der Waals surface area (Å²) in [4.78, 5) is 11.8. The number of halogens is 3. The first-order chi connectivity index (χ1) is 11.4. The third-order valence-corrected chi connectivity index (χ3v) is 4.53. The average Bonchev–Trinajstić information content (AvgIpc) is 2.45. The molecule has 1 unspecified atom stereocenters. The van der Waals surface area contributed by atoms with Crippen LogP contribution in [-0.2, 0) is 10.0 Å². The summed E-state index contributed by atoms with van der Waals surface area (Å²) in [6.07, 6.45) is 1.77. The van der Waals surface area contributed by atoms with Gasteiger partial charge in [-0.3, -0.25) is 4.79 Å². The van der Waals surface area contributed by atoms with E-state index in [1.54, 1.807) is 11.6 Å². The van der Waals surface area contributed by atoms with Crippen molar-refractivity contribution in [3.63, 3.8) is 0 Å². The monoisotopic (exact) mass is 411 g/mol. The molecule has 0 aliphatic carbocycles. The van der Waals surface area contributed by atoms with Crippen LogP contribution < -0.4 is 9.46 Å². The first kappa shape index (κ1) is 21.7. The Kier molecular flexibility index (Phi) is 7.71. The molecule has 0 aliphatic heterocycles. The van der Waals surface area contributed by atoms with Crippen LogP contribution in [0.25, 0.3) is 0 Å². The molecule has 2 atom stereocenters. The minimum Gasteiger partial charge on any atom is -0.489 e. The Morgan fingerprint density at radius 1 is 1.44 bits per heavy atom. The van der Waals surface area contributed by atoms with Gasteiger partial charge in [-0.05, 0) is 25.8 Å². The van der Waals surface area contributed by atoms with Crippen molar-refractivity contribution in [1.82, 2.24) is 4.72 Å². The topological polar surface area (TPSA) is 72.5 Å².